The first-order valence-corrected chi connectivity index (χ1v) is 6.50. The smallest absolute Gasteiger partial charge is 0.231 e. The van der Waals surface area contributed by atoms with E-state index >= 15 is 0 Å². The number of aliphatic imine (C=N–C) groups is 1. The van der Waals surface area contributed by atoms with E-state index in [1.54, 1.807) is 11.8 Å². The van der Waals surface area contributed by atoms with Gasteiger partial charge in [0.2, 0.25) is 6.79 Å². The van der Waals surface area contributed by atoms with Crippen molar-refractivity contribution in [2.45, 2.75) is 19.4 Å². The average Bonchev–Trinajstić information content (AvgIpc) is 2.84. The molecule has 17 heavy (non-hydrogen) atoms. The van der Waals surface area contributed by atoms with Crippen LogP contribution in [0.25, 0.3) is 0 Å². The summed E-state index contributed by atoms with van der Waals surface area (Å²) >= 11 is 1.74. The topological polar surface area (TPSA) is 42.8 Å². The van der Waals surface area contributed by atoms with Crippen LogP contribution in [0.15, 0.2) is 23.2 Å². The van der Waals surface area contributed by atoms with Gasteiger partial charge >= 0.3 is 0 Å². The van der Waals surface area contributed by atoms with Gasteiger partial charge in [0.1, 0.15) is 0 Å². The van der Waals surface area contributed by atoms with Gasteiger partial charge in [0.05, 0.1) is 5.54 Å². The minimum Gasteiger partial charge on any atom is -0.454 e. The van der Waals surface area contributed by atoms with E-state index in [9.17, 15) is 0 Å². The molecule has 0 spiro atoms. The number of nitrogens with one attached hydrogen (secondary N) is 1. The fourth-order valence-corrected chi connectivity index (χ4v) is 2.80. The molecule has 90 valence electrons. The Balaban J connectivity index is 1.78. The van der Waals surface area contributed by atoms with Crippen LogP contribution in [0.1, 0.15) is 13.8 Å². The number of benzene rings is 1. The van der Waals surface area contributed by atoms with Crippen molar-refractivity contribution < 1.29 is 9.47 Å². The normalized spacial score (nSPS) is 20.2. The van der Waals surface area contributed by atoms with Gasteiger partial charge in [-0.25, -0.2) is 0 Å². The quantitative estimate of drug-likeness (QED) is 0.832. The lowest BCUT2D eigenvalue weighted by Gasteiger charge is -2.09. The highest BCUT2D eigenvalue weighted by Crippen LogP contribution is 2.35. The molecule has 4 nitrogen and oxygen atoms in total. The van der Waals surface area contributed by atoms with E-state index in [2.05, 4.69) is 24.2 Å². The third-order valence-electron chi connectivity index (χ3n) is 2.59. The molecular formula is C12H14N2O2S. The number of amidine groups is 1. The molecule has 5 heteroatoms. The molecule has 0 radical (unpaired) electrons. The Kier molecular flexibility index (Phi) is 2.43. The summed E-state index contributed by atoms with van der Waals surface area (Å²) in [4.78, 5) is 4.61. The van der Waals surface area contributed by atoms with Gasteiger partial charge in [0, 0.05) is 17.5 Å². The van der Waals surface area contributed by atoms with Crippen molar-refractivity contribution in [1.82, 2.24) is 0 Å². The van der Waals surface area contributed by atoms with E-state index in [1.807, 2.05) is 18.2 Å². The van der Waals surface area contributed by atoms with Gasteiger partial charge in [0.25, 0.3) is 0 Å². The third kappa shape index (κ3) is 2.20. The van der Waals surface area contributed by atoms with Crippen LogP contribution < -0.4 is 14.8 Å². The van der Waals surface area contributed by atoms with Crippen molar-refractivity contribution >= 4 is 22.6 Å². The number of nitrogens with zero attached hydrogens (tertiary/aromatic N) is 1. The van der Waals surface area contributed by atoms with Gasteiger partial charge in [-0.15, -0.1) is 0 Å². The Hall–Kier alpha value is -1.36. The molecule has 0 aliphatic carbocycles. The third-order valence-corrected chi connectivity index (χ3v) is 3.91. The zero-order chi connectivity index (χ0) is 11.9. The van der Waals surface area contributed by atoms with Crippen molar-refractivity contribution in [2.75, 3.05) is 17.9 Å². The molecule has 1 N–H and O–H groups in total. The van der Waals surface area contributed by atoms with E-state index < -0.39 is 0 Å². The maximum Gasteiger partial charge on any atom is 0.231 e. The highest BCUT2D eigenvalue weighted by Gasteiger charge is 2.25. The van der Waals surface area contributed by atoms with Gasteiger partial charge in [-0.2, -0.15) is 0 Å². The van der Waals surface area contributed by atoms with Crippen LogP contribution in [0, 0.1) is 0 Å². The Labute approximate surface area is 104 Å². The first-order valence-electron chi connectivity index (χ1n) is 5.52. The predicted octanol–water partition coefficient (Wildman–Crippen LogP) is 2.71. The Morgan fingerprint density at radius 3 is 2.88 bits per heavy atom. The summed E-state index contributed by atoms with van der Waals surface area (Å²) in [6, 6.07) is 5.83. The number of thioether (sulfide) groups is 1. The lowest BCUT2D eigenvalue weighted by atomic mass is 10.1. The van der Waals surface area contributed by atoms with Crippen LogP contribution in [0.3, 0.4) is 0 Å². The lowest BCUT2D eigenvalue weighted by molar-refractivity contribution is 0.174. The molecule has 0 fully saturated rings. The molecule has 2 aliphatic heterocycles. The minimum absolute atomic E-state index is 0.0311. The van der Waals surface area contributed by atoms with Gasteiger partial charge in [-0.3, -0.25) is 4.99 Å². The Bertz CT molecular complexity index is 485. The minimum atomic E-state index is 0.0311. The van der Waals surface area contributed by atoms with Crippen LogP contribution in [-0.4, -0.2) is 23.3 Å². The van der Waals surface area contributed by atoms with E-state index in [0.717, 1.165) is 28.1 Å². The van der Waals surface area contributed by atoms with E-state index in [1.165, 1.54) is 0 Å². The molecule has 1 aromatic carbocycles. The van der Waals surface area contributed by atoms with Crippen LogP contribution >= 0.6 is 11.8 Å². The van der Waals surface area contributed by atoms with Gasteiger partial charge in [-0.1, -0.05) is 11.8 Å². The fraction of sp³-hybridized carbons (Fsp3) is 0.417. The summed E-state index contributed by atoms with van der Waals surface area (Å²) in [6.07, 6.45) is 0. The number of rotatable bonds is 1. The fourth-order valence-electron chi connectivity index (χ4n) is 1.75. The van der Waals surface area contributed by atoms with Gasteiger partial charge in [-0.05, 0) is 26.0 Å². The van der Waals surface area contributed by atoms with E-state index in [4.69, 9.17) is 9.47 Å². The van der Waals surface area contributed by atoms with E-state index in [-0.39, 0.29) is 5.54 Å². The van der Waals surface area contributed by atoms with Crippen LogP contribution in [0.2, 0.25) is 0 Å². The summed E-state index contributed by atoms with van der Waals surface area (Å²) in [7, 11) is 0. The number of anilines is 1. The first kappa shape index (κ1) is 10.8. The van der Waals surface area contributed by atoms with Crippen molar-refractivity contribution in [2.24, 2.45) is 4.99 Å². The molecule has 0 amide bonds. The molecule has 0 saturated carbocycles. The average molecular weight is 250 g/mol. The molecule has 2 heterocycles. The predicted molar refractivity (Wildman–Crippen MR) is 70.2 cm³/mol. The standard InChI is InChI=1S/C12H14N2O2S/c1-12(2)6-17-11(14-12)13-8-3-4-9-10(5-8)16-7-15-9/h3-5H,6-7H2,1-2H3,(H,13,14). The van der Waals surface area contributed by atoms with E-state index in [0.29, 0.717) is 6.79 Å². The zero-order valence-corrected chi connectivity index (χ0v) is 10.6. The second kappa shape index (κ2) is 3.84. The zero-order valence-electron chi connectivity index (χ0n) is 9.82. The first-order chi connectivity index (χ1) is 8.12. The molecule has 1 aromatic rings. The summed E-state index contributed by atoms with van der Waals surface area (Å²) < 4.78 is 10.6. The Morgan fingerprint density at radius 2 is 2.12 bits per heavy atom. The molecule has 3 rings (SSSR count). The number of ether oxygens (including phenoxy) is 2. The number of hydrogen-bond donors (Lipinski definition) is 1. The summed E-state index contributed by atoms with van der Waals surface area (Å²) in [5.74, 6) is 2.61. The Morgan fingerprint density at radius 1 is 1.29 bits per heavy atom. The number of fused-ring (bicyclic) bond motifs is 1. The summed E-state index contributed by atoms with van der Waals surface area (Å²) in [5, 5.41) is 4.27. The maximum atomic E-state index is 5.34. The molecule has 0 bridgehead atoms. The highest BCUT2D eigenvalue weighted by atomic mass is 32.2. The molecule has 0 atom stereocenters. The molecule has 0 unspecified atom stereocenters. The largest absolute Gasteiger partial charge is 0.454 e. The van der Waals surface area contributed by atoms with Crippen molar-refractivity contribution in [3.8, 4) is 11.5 Å². The van der Waals surface area contributed by atoms with Gasteiger partial charge in [0.15, 0.2) is 16.7 Å². The summed E-state index contributed by atoms with van der Waals surface area (Å²) in [5.41, 5.74) is 1.02. The SMILES string of the molecule is CC1(C)CSC(Nc2ccc3c(c2)OCO3)=N1. The summed E-state index contributed by atoms with van der Waals surface area (Å²) in [6.45, 7) is 4.57. The van der Waals surface area contributed by atoms with Crippen molar-refractivity contribution in [3.63, 3.8) is 0 Å². The van der Waals surface area contributed by atoms with Crippen LogP contribution in [-0.2, 0) is 0 Å². The van der Waals surface area contributed by atoms with Crippen molar-refractivity contribution in [1.29, 1.82) is 0 Å². The van der Waals surface area contributed by atoms with Crippen LogP contribution in [0.4, 0.5) is 5.69 Å². The monoisotopic (exact) mass is 250 g/mol. The van der Waals surface area contributed by atoms with Crippen molar-refractivity contribution in [3.05, 3.63) is 18.2 Å². The molecular weight excluding hydrogens is 236 g/mol. The second-order valence-electron chi connectivity index (χ2n) is 4.71. The van der Waals surface area contributed by atoms with Crippen LogP contribution in [0.5, 0.6) is 11.5 Å². The second-order valence-corrected chi connectivity index (χ2v) is 5.68. The molecule has 2 aliphatic rings. The highest BCUT2D eigenvalue weighted by molar-refractivity contribution is 8.14. The molecule has 0 saturated heterocycles. The lowest BCUT2D eigenvalue weighted by Crippen LogP contribution is -2.15. The maximum absolute atomic E-state index is 5.34. The number of hydrogen-bond acceptors (Lipinski definition) is 5. The molecule has 0 aromatic heterocycles. The van der Waals surface area contributed by atoms with Gasteiger partial charge < -0.3 is 14.8 Å².